The van der Waals surface area contributed by atoms with Gasteiger partial charge < -0.3 is 15.2 Å². The Morgan fingerprint density at radius 1 is 1.45 bits per heavy atom. The van der Waals surface area contributed by atoms with E-state index in [9.17, 15) is 9.90 Å². The largest absolute Gasteiger partial charge is 0.496 e. The highest BCUT2D eigenvalue weighted by atomic mass is 79.9. The van der Waals surface area contributed by atoms with Crippen molar-refractivity contribution in [2.75, 3.05) is 20.3 Å². The Kier molecular flexibility index (Phi) is 5.05. The van der Waals surface area contributed by atoms with Crippen molar-refractivity contribution in [3.63, 3.8) is 0 Å². The van der Waals surface area contributed by atoms with Crippen LogP contribution >= 0.6 is 15.9 Å². The zero-order chi connectivity index (χ0) is 14.6. The number of benzene rings is 1. The van der Waals surface area contributed by atoms with Crippen LogP contribution in [-0.4, -0.2) is 31.3 Å². The van der Waals surface area contributed by atoms with Crippen molar-refractivity contribution >= 4 is 21.8 Å². The molecule has 1 saturated carbocycles. The highest BCUT2D eigenvalue weighted by Gasteiger charge is 2.33. The van der Waals surface area contributed by atoms with Crippen LogP contribution < -0.4 is 10.1 Å². The number of halogens is 1. The van der Waals surface area contributed by atoms with E-state index in [2.05, 4.69) is 21.2 Å². The Morgan fingerprint density at radius 2 is 2.15 bits per heavy atom. The van der Waals surface area contributed by atoms with Gasteiger partial charge in [-0.05, 0) is 31.0 Å². The number of amides is 1. The van der Waals surface area contributed by atoms with Gasteiger partial charge in [0.25, 0.3) is 5.91 Å². The van der Waals surface area contributed by atoms with Crippen LogP contribution in [0.1, 0.15) is 36.0 Å². The number of nitrogens with one attached hydrogen (secondary N) is 1. The number of rotatable bonds is 5. The fraction of sp³-hybridized carbons (Fsp3) is 0.533. The standard InChI is InChI=1S/C15H20BrNO3/c1-20-13-8-11(16)4-5-12(13)14(19)17-9-15(10-18)6-2-3-7-15/h4-5,8,18H,2-3,6-7,9-10H2,1H3,(H,17,19). The van der Waals surface area contributed by atoms with Gasteiger partial charge >= 0.3 is 0 Å². The Bertz CT molecular complexity index is 484. The molecule has 0 bridgehead atoms. The lowest BCUT2D eigenvalue weighted by Crippen LogP contribution is -2.38. The summed E-state index contributed by atoms with van der Waals surface area (Å²) in [4.78, 5) is 12.3. The Hall–Kier alpha value is -1.07. The summed E-state index contributed by atoms with van der Waals surface area (Å²) in [5.74, 6) is 0.385. The van der Waals surface area contributed by atoms with Gasteiger partial charge in [-0.1, -0.05) is 28.8 Å². The molecule has 1 amide bonds. The minimum absolute atomic E-state index is 0.130. The van der Waals surface area contributed by atoms with Crippen molar-refractivity contribution in [2.24, 2.45) is 5.41 Å². The van der Waals surface area contributed by atoms with Crippen LogP contribution in [0.15, 0.2) is 22.7 Å². The first-order valence-electron chi connectivity index (χ1n) is 6.83. The third-order valence-corrected chi connectivity index (χ3v) is 4.53. The summed E-state index contributed by atoms with van der Waals surface area (Å²) < 4.78 is 6.10. The summed E-state index contributed by atoms with van der Waals surface area (Å²) in [6.45, 7) is 0.645. The van der Waals surface area contributed by atoms with Crippen molar-refractivity contribution in [2.45, 2.75) is 25.7 Å². The van der Waals surface area contributed by atoms with Crippen LogP contribution in [0.5, 0.6) is 5.75 Å². The zero-order valence-corrected chi connectivity index (χ0v) is 13.2. The second-order valence-corrected chi connectivity index (χ2v) is 6.31. The van der Waals surface area contributed by atoms with Gasteiger partial charge in [0, 0.05) is 16.4 Å². The number of methoxy groups -OCH3 is 1. The van der Waals surface area contributed by atoms with Gasteiger partial charge in [0.15, 0.2) is 0 Å². The third-order valence-electron chi connectivity index (χ3n) is 4.03. The number of hydrogen-bond acceptors (Lipinski definition) is 3. The van der Waals surface area contributed by atoms with Gasteiger partial charge in [-0.25, -0.2) is 0 Å². The molecule has 0 saturated heterocycles. The van der Waals surface area contributed by atoms with Crippen molar-refractivity contribution in [1.82, 2.24) is 5.32 Å². The number of carbonyl (C=O) groups is 1. The Morgan fingerprint density at radius 3 is 2.75 bits per heavy atom. The van der Waals surface area contributed by atoms with E-state index < -0.39 is 0 Å². The topological polar surface area (TPSA) is 58.6 Å². The maximum absolute atomic E-state index is 12.3. The van der Waals surface area contributed by atoms with E-state index >= 15 is 0 Å². The minimum Gasteiger partial charge on any atom is -0.496 e. The molecule has 1 aromatic carbocycles. The van der Waals surface area contributed by atoms with Gasteiger partial charge in [-0.3, -0.25) is 4.79 Å². The predicted molar refractivity (Wildman–Crippen MR) is 81.0 cm³/mol. The first kappa shape index (κ1) is 15.3. The molecule has 0 heterocycles. The lowest BCUT2D eigenvalue weighted by molar-refractivity contribution is 0.0878. The molecule has 110 valence electrons. The summed E-state index contributed by atoms with van der Waals surface area (Å²) in [5.41, 5.74) is 0.375. The predicted octanol–water partition coefficient (Wildman–Crippen LogP) is 2.74. The number of aliphatic hydroxyl groups is 1. The molecule has 1 aliphatic rings. The van der Waals surface area contributed by atoms with E-state index in [1.54, 1.807) is 19.2 Å². The van der Waals surface area contributed by atoms with E-state index in [1.165, 1.54) is 0 Å². The first-order valence-corrected chi connectivity index (χ1v) is 7.62. The lowest BCUT2D eigenvalue weighted by atomic mass is 9.87. The molecule has 0 aromatic heterocycles. The minimum atomic E-state index is -0.158. The fourth-order valence-corrected chi connectivity index (χ4v) is 3.07. The Labute approximate surface area is 127 Å². The van der Waals surface area contributed by atoms with Gasteiger partial charge in [0.1, 0.15) is 5.75 Å². The van der Waals surface area contributed by atoms with E-state index in [0.29, 0.717) is 17.9 Å². The smallest absolute Gasteiger partial charge is 0.255 e. The second-order valence-electron chi connectivity index (χ2n) is 5.39. The van der Waals surface area contributed by atoms with Crippen molar-refractivity contribution in [3.8, 4) is 5.75 Å². The highest BCUT2D eigenvalue weighted by molar-refractivity contribution is 9.10. The average molecular weight is 342 g/mol. The Balaban J connectivity index is 2.05. The molecule has 0 spiro atoms. The summed E-state index contributed by atoms with van der Waals surface area (Å²) in [6.07, 6.45) is 4.19. The van der Waals surface area contributed by atoms with E-state index in [4.69, 9.17) is 4.74 Å². The monoisotopic (exact) mass is 341 g/mol. The van der Waals surface area contributed by atoms with Gasteiger partial charge in [-0.2, -0.15) is 0 Å². The summed E-state index contributed by atoms with van der Waals surface area (Å²) in [7, 11) is 1.55. The maximum Gasteiger partial charge on any atom is 0.255 e. The highest BCUT2D eigenvalue weighted by Crippen LogP contribution is 2.37. The van der Waals surface area contributed by atoms with Gasteiger partial charge in [0.05, 0.1) is 19.3 Å². The molecular weight excluding hydrogens is 322 g/mol. The molecule has 1 aliphatic carbocycles. The molecule has 2 N–H and O–H groups in total. The number of aliphatic hydroxyl groups excluding tert-OH is 1. The molecule has 20 heavy (non-hydrogen) atoms. The summed E-state index contributed by atoms with van der Waals surface area (Å²) >= 11 is 3.35. The van der Waals surface area contributed by atoms with Gasteiger partial charge in [-0.15, -0.1) is 0 Å². The molecule has 0 radical (unpaired) electrons. The van der Waals surface area contributed by atoms with Crippen LogP contribution in [0.2, 0.25) is 0 Å². The lowest BCUT2D eigenvalue weighted by Gasteiger charge is -2.26. The molecule has 4 nitrogen and oxygen atoms in total. The van der Waals surface area contributed by atoms with E-state index in [1.807, 2.05) is 6.07 Å². The van der Waals surface area contributed by atoms with Crippen LogP contribution in [0.25, 0.3) is 0 Å². The van der Waals surface area contributed by atoms with Crippen LogP contribution in [0.4, 0.5) is 0 Å². The fourth-order valence-electron chi connectivity index (χ4n) is 2.73. The van der Waals surface area contributed by atoms with Crippen LogP contribution in [0, 0.1) is 5.41 Å². The van der Waals surface area contributed by atoms with E-state index in [-0.39, 0.29) is 17.9 Å². The van der Waals surface area contributed by atoms with Crippen LogP contribution in [-0.2, 0) is 0 Å². The summed E-state index contributed by atoms with van der Waals surface area (Å²) in [5, 5.41) is 12.5. The molecule has 1 fully saturated rings. The normalized spacial score (nSPS) is 16.9. The molecule has 5 heteroatoms. The SMILES string of the molecule is COc1cc(Br)ccc1C(=O)NCC1(CO)CCCC1. The maximum atomic E-state index is 12.3. The third kappa shape index (κ3) is 3.33. The number of hydrogen-bond donors (Lipinski definition) is 2. The van der Waals surface area contributed by atoms with Crippen molar-refractivity contribution in [3.05, 3.63) is 28.2 Å². The number of ether oxygens (including phenoxy) is 1. The van der Waals surface area contributed by atoms with E-state index in [0.717, 1.165) is 30.2 Å². The van der Waals surface area contributed by atoms with Crippen LogP contribution in [0.3, 0.4) is 0 Å². The quantitative estimate of drug-likeness (QED) is 0.865. The van der Waals surface area contributed by atoms with Gasteiger partial charge in [0.2, 0.25) is 0 Å². The number of carbonyl (C=O) groups excluding carboxylic acids is 1. The van der Waals surface area contributed by atoms with Crippen molar-refractivity contribution in [1.29, 1.82) is 0 Å². The average Bonchev–Trinajstić information content (AvgIpc) is 2.94. The molecule has 0 unspecified atom stereocenters. The van der Waals surface area contributed by atoms with Crippen molar-refractivity contribution < 1.29 is 14.6 Å². The first-order chi connectivity index (χ1) is 9.60. The molecule has 1 aromatic rings. The molecule has 2 rings (SSSR count). The second kappa shape index (κ2) is 6.59. The molecular formula is C15H20BrNO3. The molecule has 0 atom stereocenters. The summed E-state index contributed by atoms with van der Waals surface area (Å²) in [6, 6.07) is 5.32. The molecule has 0 aliphatic heterocycles. The zero-order valence-electron chi connectivity index (χ0n) is 11.6.